The van der Waals surface area contributed by atoms with Gasteiger partial charge in [0.25, 0.3) is 0 Å². The van der Waals surface area contributed by atoms with E-state index >= 15 is 0 Å². The molecule has 0 unspecified atom stereocenters. The number of hydrogen-bond acceptors (Lipinski definition) is 3. The van der Waals surface area contributed by atoms with Crippen LogP contribution < -0.4 is 15.2 Å². The van der Waals surface area contributed by atoms with Crippen LogP contribution >= 0.6 is 15.9 Å². The number of halogens is 2. The maximum atomic E-state index is 13.7. The highest BCUT2D eigenvalue weighted by molar-refractivity contribution is 9.10. The van der Waals surface area contributed by atoms with E-state index in [2.05, 4.69) is 15.9 Å². The predicted octanol–water partition coefficient (Wildman–Crippen LogP) is 3.68. The first-order valence-corrected chi connectivity index (χ1v) is 7.37. The fraction of sp³-hybridized carbons (Fsp3) is 0.250. The Kier molecular flexibility index (Phi) is 5.59. The van der Waals surface area contributed by atoms with Gasteiger partial charge < -0.3 is 15.2 Å². The van der Waals surface area contributed by atoms with Crippen LogP contribution in [0.4, 0.5) is 4.39 Å². The van der Waals surface area contributed by atoms with Crippen LogP contribution in [0.3, 0.4) is 0 Å². The van der Waals surface area contributed by atoms with Gasteiger partial charge >= 0.3 is 0 Å². The molecule has 3 nitrogen and oxygen atoms in total. The molecule has 0 bridgehead atoms. The van der Waals surface area contributed by atoms with Gasteiger partial charge in [-0.2, -0.15) is 0 Å². The summed E-state index contributed by atoms with van der Waals surface area (Å²) in [6, 6.07) is 10.3. The smallest absolute Gasteiger partial charge is 0.129 e. The summed E-state index contributed by atoms with van der Waals surface area (Å²) in [5, 5.41) is 0. The van der Waals surface area contributed by atoms with Crippen molar-refractivity contribution in [1.29, 1.82) is 0 Å². The Labute approximate surface area is 132 Å². The van der Waals surface area contributed by atoms with Crippen LogP contribution in [0.5, 0.6) is 11.5 Å². The number of ether oxygens (including phenoxy) is 2. The van der Waals surface area contributed by atoms with E-state index in [1.807, 2.05) is 18.2 Å². The molecule has 0 saturated heterocycles. The SMILES string of the molecule is COc1ccc(OCc2cc(Br)ccc2F)c(CCN)c1. The first-order valence-electron chi connectivity index (χ1n) is 6.57. The van der Waals surface area contributed by atoms with E-state index in [0.717, 1.165) is 15.8 Å². The van der Waals surface area contributed by atoms with Gasteiger partial charge in [0.05, 0.1) is 7.11 Å². The van der Waals surface area contributed by atoms with Gasteiger partial charge in [-0.15, -0.1) is 0 Å². The van der Waals surface area contributed by atoms with Crippen LogP contribution in [0.1, 0.15) is 11.1 Å². The molecule has 0 atom stereocenters. The molecule has 0 fully saturated rings. The molecule has 0 saturated carbocycles. The molecule has 0 aliphatic heterocycles. The molecule has 0 heterocycles. The van der Waals surface area contributed by atoms with Crippen LogP contribution in [-0.2, 0) is 13.0 Å². The third kappa shape index (κ3) is 4.19. The van der Waals surface area contributed by atoms with E-state index in [1.54, 1.807) is 19.2 Å². The number of hydrogen-bond donors (Lipinski definition) is 1. The Balaban J connectivity index is 2.17. The van der Waals surface area contributed by atoms with Crippen molar-refractivity contribution in [2.75, 3.05) is 13.7 Å². The monoisotopic (exact) mass is 353 g/mol. The van der Waals surface area contributed by atoms with Crippen LogP contribution in [0, 0.1) is 5.82 Å². The van der Waals surface area contributed by atoms with Gasteiger partial charge in [0.1, 0.15) is 23.9 Å². The molecule has 2 N–H and O–H groups in total. The number of benzene rings is 2. The molecule has 0 radical (unpaired) electrons. The molecule has 0 spiro atoms. The summed E-state index contributed by atoms with van der Waals surface area (Å²) in [6.07, 6.45) is 0.674. The lowest BCUT2D eigenvalue weighted by molar-refractivity contribution is 0.296. The van der Waals surface area contributed by atoms with Gasteiger partial charge in [-0.3, -0.25) is 0 Å². The molecule has 2 rings (SSSR count). The average molecular weight is 354 g/mol. The van der Waals surface area contributed by atoms with E-state index < -0.39 is 0 Å². The van der Waals surface area contributed by atoms with Crippen molar-refractivity contribution in [3.8, 4) is 11.5 Å². The molecule has 5 heteroatoms. The maximum absolute atomic E-state index is 13.7. The summed E-state index contributed by atoms with van der Waals surface area (Å²) in [7, 11) is 1.61. The van der Waals surface area contributed by atoms with Crippen molar-refractivity contribution in [1.82, 2.24) is 0 Å². The summed E-state index contributed by atoms with van der Waals surface area (Å²) in [6.45, 7) is 0.671. The predicted molar refractivity (Wildman–Crippen MR) is 84.2 cm³/mol. The van der Waals surface area contributed by atoms with Gasteiger partial charge in [-0.05, 0) is 54.9 Å². The first kappa shape index (κ1) is 15.8. The van der Waals surface area contributed by atoms with Crippen molar-refractivity contribution < 1.29 is 13.9 Å². The maximum Gasteiger partial charge on any atom is 0.129 e. The summed E-state index contributed by atoms with van der Waals surface area (Å²) in [5.74, 6) is 1.16. The van der Waals surface area contributed by atoms with E-state index in [9.17, 15) is 4.39 Å². The van der Waals surface area contributed by atoms with Crippen molar-refractivity contribution in [3.05, 3.63) is 57.8 Å². The zero-order chi connectivity index (χ0) is 15.2. The van der Waals surface area contributed by atoms with Gasteiger partial charge in [0.15, 0.2) is 0 Å². The highest BCUT2D eigenvalue weighted by atomic mass is 79.9. The minimum Gasteiger partial charge on any atom is -0.497 e. The van der Waals surface area contributed by atoms with Crippen molar-refractivity contribution in [2.24, 2.45) is 5.73 Å². The van der Waals surface area contributed by atoms with E-state index in [1.165, 1.54) is 6.07 Å². The molecule has 0 aliphatic carbocycles. The molecular formula is C16H17BrFNO2. The summed E-state index contributed by atoms with van der Waals surface area (Å²) in [5.41, 5.74) is 7.06. The topological polar surface area (TPSA) is 44.5 Å². The zero-order valence-electron chi connectivity index (χ0n) is 11.7. The largest absolute Gasteiger partial charge is 0.497 e. The fourth-order valence-corrected chi connectivity index (χ4v) is 2.39. The lowest BCUT2D eigenvalue weighted by atomic mass is 10.1. The van der Waals surface area contributed by atoms with E-state index in [4.69, 9.17) is 15.2 Å². The molecule has 2 aromatic rings. The van der Waals surface area contributed by atoms with Crippen LogP contribution in [0.2, 0.25) is 0 Å². The lowest BCUT2D eigenvalue weighted by Crippen LogP contribution is -2.06. The molecule has 0 amide bonds. The van der Waals surface area contributed by atoms with Crippen molar-refractivity contribution in [2.45, 2.75) is 13.0 Å². The van der Waals surface area contributed by atoms with E-state index in [0.29, 0.717) is 24.3 Å². The minimum atomic E-state index is -0.285. The van der Waals surface area contributed by atoms with Crippen molar-refractivity contribution >= 4 is 15.9 Å². The summed E-state index contributed by atoms with van der Waals surface area (Å²) >= 11 is 3.33. The molecule has 0 aromatic heterocycles. The summed E-state index contributed by atoms with van der Waals surface area (Å²) < 4.78 is 25.4. The lowest BCUT2D eigenvalue weighted by Gasteiger charge is -2.13. The van der Waals surface area contributed by atoms with Gasteiger partial charge in [0, 0.05) is 10.0 Å². The highest BCUT2D eigenvalue weighted by Crippen LogP contribution is 2.26. The fourth-order valence-electron chi connectivity index (χ4n) is 1.98. The first-order chi connectivity index (χ1) is 10.1. The normalized spacial score (nSPS) is 10.5. The molecule has 2 aromatic carbocycles. The minimum absolute atomic E-state index is 0.162. The second kappa shape index (κ2) is 7.43. The van der Waals surface area contributed by atoms with Gasteiger partial charge in [-0.25, -0.2) is 4.39 Å². The zero-order valence-corrected chi connectivity index (χ0v) is 13.3. The van der Waals surface area contributed by atoms with Crippen LogP contribution in [0.25, 0.3) is 0 Å². The molecule has 112 valence electrons. The van der Waals surface area contributed by atoms with Crippen molar-refractivity contribution in [3.63, 3.8) is 0 Å². The Morgan fingerprint density at radius 2 is 1.95 bits per heavy atom. The third-order valence-corrected chi connectivity index (χ3v) is 3.57. The molecule has 21 heavy (non-hydrogen) atoms. The van der Waals surface area contributed by atoms with Gasteiger partial charge in [0.2, 0.25) is 0 Å². The van der Waals surface area contributed by atoms with Gasteiger partial charge in [-0.1, -0.05) is 15.9 Å². The molecule has 0 aliphatic rings. The van der Waals surface area contributed by atoms with Crippen LogP contribution in [0.15, 0.2) is 40.9 Å². The highest BCUT2D eigenvalue weighted by Gasteiger charge is 2.08. The van der Waals surface area contributed by atoms with Crippen LogP contribution in [-0.4, -0.2) is 13.7 Å². The standard InChI is InChI=1S/C16H17BrFNO2/c1-20-14-3-5-16(11(9-14)6-7-19)21-10-12-8-13(17)2-4-15(12)18/h2-5,8-9H,6-7,10,19H2,1H3. The average Bonchev–Trinajstić information content (AvgIpc) is 2.49. The number of rotatable bonds is 6. The summed E-state index contributed by atoms with van der Waals surface area (Å²) in [4.78, 5) is 0. The second-order valence-electron chi connectivity index (χ2n) is 4.54. The number of nitrogens with two attached hydrogens (primary N) is 1. The Hall–Kier alpha value is -1.59. The van der Waals surface area contributed by atoms with E-state index in [-0.39, 0.29) is 12.4 Å². The Bertz CT molecular complexity index is 619. The Morgan fingerprint density at radius 1 is 1.14 bits per heavy atom. The quantitative estimate of drug-likeness (QED) is 0.861. The second-order valence-corrected chi connectivity index (χ2v) is 5.45. The third-order valence-electron chi connectivity index (χ3n) is 3.07. The Morgan fingerprint density at radius 3 is 2.67 bits per heavy atom. The number of methoxy groups -OCH3 is 1. The molecular weight excluding hydrogens is 337 g/mol.